The number of oxime groups is 1. The first-order valence-corrected chi connectivity index (χ1v) is 12.1. The van der Waals surface area contributed by atoms with Gasteiger partial charge in [-0.15, -0.1) is 0 Å². The Morgan fingerprint density at radius 2 is 1.92 bits per heavy atom. The molecule has 0 saturated carbocycles. The van der Waals surface area contributed by atoms with Gasteiger partial charge in [-0.25, -0.2) is 22.0 Å². The van der Waals surface area contributed by atoms with Crippen molar-refractivity contribution in [2.45, 2.75) is 63.3 Å². The van der Waals surface area contributed by atoms with E-state index in [1.54, 1.807) is 6.92 Å². The molecule has 0 unspecified atom stereocenters. The minimum atomic E-state index is -3.28. The van der Waals surface area contributed by atoms with Gasteiger partial charge in [-0.2, -0.15) is 0 Å². The summed E-state index contributed by atoms with van der Waals surface area (Å²) in [6.45, 7) is 1.61. The van der Waals surface area contributed by atoms with Gasteiger partial charge in [-0.3, -0.25) is 14.4 Å². The Labute approximate surface area is 217 Å². The fourth-order valence-electron chi connectivity index (χ4n) is 5.35. The normalized spacial score (nSPS) is 24.2. The van der Waals surface area contributed by atoms with Gasteiger partial charge < -0.3 is 24.7 Å². The van der Waals surface area contributed by atoms with E-state index in [2.05, 4.69) is 10.5 Å². The molecule has 5 rings (SSSR count). The first-order chi connectivity index (χ1) is 18.2. The smallest absolute Gasteiger partial charge is 0.286 e. The molecule has 3 aliphatic rings. The van der Waals surface area contributed by atoms with Crippen molar-refractivity contribution in [1.29, 1.82) is 0 Å². The summed E-state index contributed by atoms with van der Waals surface area (Å²) in [4.78, 5) is 46.2. The molecule has 0 aliphatic carbocycles. The van der Waals surface area contributed by atoms with Crippen LogP contribution in [0.4, 0.5) is 22.0 Å². The van der Waals surface area contributed by atoms with Crippen LogP contribution < -0.4 is 10.7 Å². The van der Waals surface area contributed by atoms with Crippen LogP contribution in [-0.2, 0) is 11.4 Å². The van der Waals surface area contributed by atoms with E-state index in [1.807, 2.05) is 0 Å². The number of rotatable bonds is 4. The third-order valence-corrected chi connectivity index (χ3v) is 7.59. The van der Waals surface area contributed by atoms with E-state index in [0.29, 0.717) is 25.5 Å². The van der Waals surface area contributed by atoms with Crippen LogP contribution in [0.2, 0.25) is 0 Å². The van der Waals surface area contributed by atoms with Gasteiger partial charge in [0, 0.05) is 56.4 Å². The van der Waals surface area contributed by atoms with Crippen molar-refractivity contribution < 1.29 is 41.5 Å². The van der Waals surface area contributed by atoms with E-state index < -0.39 is 87.1 Å². The number of hydrogen-bond donors (Lipinski definition) is 2. The van der Waals surface area contributed by atoms with Crippen LogP contribution in [0, 0.1) is 17.5 Å². The average Bonchev–Trinajstić information content (AvgIpc) is 3.25. The van der Waals surface area contributed by atoms with Crippen LogP contribution >= 0.6 is 0 Å². The van der Waals surface area contributed by atoms with Gasteiger partial charge in [0.15, 0.2) is 17.0 Å². The number of aromatic hydroxyl groups is 1. The highest BCUT2D eigenvalue weighted by Crippen LogP contribution is 2.47. The molecule has 208 valence electrons. The summed E-state index contributed by atoms with van der Waals surface area (Å²) < 4.78 is 70.6. The van der Waals surface area contributed by atoms with Crippen LogP contribution in [0.3, 0.4) is 0 Å². The second-order valence-corrected chi connectivity index (χ2v) is 10.1. The first kappa shape index (κ1) is 26.6. The van der Waals surface area contributed by atoms with Gasteiger partial charge in [-0.1, -0.05) is 5.16 Å². The van der Waals surface area contributed by atoms with E-state index in [0.717, 1.165) is 10.8 Å². The molecule has 4 heterocycles. The summed E-state index contributed by atoms with van der Waals surface area (Å²) in [6.07, 6.45) is 1.24. The number of amides is 2. The molecule has 1 aromatic carbocycles. The quantitative estimate of drug-likeness (QED) is 0.564. The first-order valence-electron chi connectivity index (χ1n) is 12.1. The van der Waals surface area contributed by atoms with Gasteiger partial charge in [0.25, 0.3) is 17.7 Å². The summed E-state index contributed by atoms with van der Waals surface area (Å²) in [7, 11) is 0. The largest absolute Gasteiger partial charge is 0.503 e. The van der Waals surface area contributed by atoms with Crippen LogP contribution in [0.15, 0.2) is 28.3 Å². The SMILES string of the molecule is C[C@H]1CC[C@]2(CC(C(C)(F)F)=NO2)[C@H]2CN1C(=O)c1c(O)c(=O)c(C(=O)NCc3c(F)cc(F)cc3F)cn12. The van der Waals surface area contributed by atoms with E-state index in [-0.39, 0.29) is 25.4 Å². The summed E-state index contributed by atoms with van der Waals surface area (Å²) in [6, 6.07) is -0.470. The number of benzene rings is 1. The molecule has 1 aromatic heterocycles. The molecular formula is C25H23F5N4O5. The third kappa shape index (κ3) is 4.31. The summed E-state index contributed by atoms with van der Waals surface area (Å²) in [5.41, 5.74) is -4.89. The predicted molar refractivity (Wildman–Crippen MR) is 125 cm³/mol. The number of nitrogens with zero attached hydrogens (tertiary/aromatic N) is 3. The molecule has 3 aliphatic heterocycles. The number of pyridine rings is 1. The zero-order valence-corrected chi connectivity index (χ0v) is 20.7. The minimum Gasteiger partial charge on any atom is -0.503 e. The number of fused-ring (bicyclic) bond motifs is 5. The molecule has 1 fully saturated rings. The van der Waals surface area contributed by atoms with Gasteiger partial charge in [0.05, 0.1) is 6.04 Å². The maximum atomic E-state index is 14.1. The summed E-state index contributed by atoms with van der Waals surface area (Å²) >= 11 is 0. The van der Waals surface area contributed by atoms with E-state index in [4.69, 9.17) is 4.84 Å². The second kappa shape index (κ2) is 9.06. The maximum absolute atomic E-state index is 14.1. The van der Waals surface area contributed by atoms with Crippen molar-refractivity contribution in [2.24, 2.45) is 5.16 Å². The lowest BCUT2D eigenvalue weighted by molar-refractivity contribution is -0.0655. The molecule has 2 aromatic rings. The number of aromatic nitrogens is 1. The number of alkyl halides is 2. The molecule has 0 radical (unpaired) electrons. The summed E-state index contributed by atoms with van der Waals surface area (Å²) in [5.74, 6) is -9.87. The number of halogens is 5. The van der Waals surface area contributed by atoms with Crippen LogP contribution in [0.5, 0.6) is 5.75 Å². The molecule has 9 nitrogen and oxygen atoms in total. The van der Waals surface area contributed by atoms with E-state index in [9.17, 15) is 41.4 Å². The lowest BCUT2D eigenvalue weighted by Gasteiger charge is -2.41. The Bertz CT molecular complexity index is 1460. The molecule has 2 N–H and O–H groups in total. The second-order valence-electron chi connectivity index (χ2n) is 10.1. The molecule has 1 saturated heterocycles. The number of carbonyl (C=O) groups excluding carboxylic acids is 2. The lowest BCUT2D eigenvalue weighted by Crippen LogP contribution is -2.52. The molecule has 2 bridgehead atoms. The summed E-state index contributed by atoms with van der Waals surface area (Å²) in [5, 5.41) is 16.6. The molecule has 3 atom stereocenters. The Kier molecular flexibility index (Phi) is 6.18. The topological polar surface area (TPSA) is 113 Å². The highest BCUT2D eigenvalue weighted by atomic mass is 19.3. The number of carbonyl (C=O) groups is 2. The fraction of sp³-hybridized carbons (Fsp3) is 0.440. The lowest BCUT2D eigenvalue weighted by atomic mass is 9.83. The highest BCUT2D eigenvalue weighted by molar-refractivity contribution is 5.99. The fourth-order valence-corrected chi connectivity index (χ4v) is 5.35. The molecule has 39 heavy (non-hydrogen) atoms. The average molecular weight is 554 g/mol. The Morgan fingerprint density at radius 1 is 1.26 bits per heavy atom. The highest BCUT2D eigenvalue weighted by Gasteiger charge is 2.56. The number of hydrogen-bond acceptors (Lipinski definition) is 6. The monoisotopic (exact) mass is 554 g/mol. The van der Waals surface area contributed by atoms with Crippen LogP contribution in [0.1, 0.15) is 65.6 Å². The van der Waals surface area contributed by atoms with Crippen molar-refractivity contribution >= 4 is 17.5 Å². The van der Waals surface area contributed by atoms with Crippen molar-refractivity contribution in [1.82, 2.24) is 14.8 Å². The van der Waals surface area contributed by atoms with Gasteiger partial charge in [-0.05, 0) is 19.8 Å². The zero-order valence-electron chi connectivity index (χ0n) is 20.7. The van der Waals surface area contributed by atoms with E-state index in [1.165, 1.54) is 4.90 Å². The van der Waals surface area contributed by atoms with Crippen molar-refractivity contribution in [3.8, 4) is 5.75 Å². The predicted octanol–water partition coefficient (Wildman–Crippen LogP) is 3.25. The molecule has 1 spiro atoms. The minimum absolute atomic E-state index is 0.0412. The van der Waals surface area contributed by atoms with Crippen molar-refractivity contribution in [3.63, 3.8) is 0 Å². The Morgan fingerprint density at radius 3 is 2.54 bits per heavy atom. The molecule has 2 amide bonds. The molecule has 14 heteroatoms. The number of nitrogens with one attached hydrogen (secondary N) is 1. The molecular weight excluding hydrogens is 531 g/mol. The van der Waals surface area contributed by atoms with Gasteiger partial charge >= 0.3 is 0 Å². The van der Waals surface area contributed by atoms with Gasteiger partial charge in [0.2, 0.25) is 5.43 Å². The van der Waals surface area contributed by atoms with Crippen molar-refractivity contribution in [3.05, 3.63) is 62.8 Å². The van der Waals surface area contributed by atoms with Crippen LogP contribution in [0.25, 0.3) is 0 Å². The zero-order chi connectivity index (χ0) is 28.4. The Balaban J connectivity index is 1.55. The maximum Gasteiger partial charge on any atom is 0.286 e. The van der Waals surface area contributed by atoms with E-state index >= 15 is 0 Å². The Hall–Kier alpha value is -3.97. The third-order valence-electron chi connectivity index (χ3n) is 7.59. The van der Waals surface area contributed by atoms with Crippen LogP contribution in [-0.4, -0.2) is 56.2 Å². The standard InChI is InChI=1S/C25H23F5N4O5/c1-11-3-4-25(7-17(32-39-25)24(2,29)30)18-10-33(11)23(38)19-21(36)20(35)14(9-34(18)19)22(37)31-8-13-15(27)5-12(26)6-16(13)28/h5-6,9,11,18,36H,3-4,7-8,10H2,1-2H3,(H,31,37)/t11-,18+,25-/m0/s1. The van der Waals surface area contributed by atoms with Crippen molar-refractivity contribution in [2.75, 3.05) is 6.54 Å². The van der Waals surface area contributed by atoms with Gasteiger partial charge in [0.1, 0.15) is 28.7 Å².